The van der Waals surface area contributed by atoms with Crippen molar-refractivity contribution in [3.63, 3.8) is 0 Å². The SMILES string of the molecule is CC(O)(c1ccc(S(=O)(=O)N2CCN(CC3(c4ccncc4)CCC3)CC2)cc1)C(F)(F)F. The van der Waals surface area contributed by atoms with E-state index in [-0.39, 0.29) is 10.3 Å². The molecule has 1 aliphatic carbocycles. The van der Waals surface area contributed by atoms with Crippen LogP contribution in [0.3, 0.4) is 0 Å². The Morgan fingerprint density at radius 2 is 1.58 bits per heavy atom. The first-order valence-electron chi connectivity index (χ1n) is 11.0. The third-order valence-electron chi connectivity index (χ3n) is 7.07. The first-order chi connectivity index (χ1) is 15.5. The van der Waals surface area contributed by atoms with Gasteiger partial charge in [0, 0.05) is 50.5 Å². The number of halogens is 3. The van der Waals surface area contributed by atoms with Crippen molar-refractivity contribution in [3.05, 3.63) is 59.9 Å². The van der Waals surface area contributed by atoms with Gasteiger partial charge in [0.15, 0.2) is 5.60 Å². The predicted octanol–water partition coefficient (Wildman–Crippen LogP) is 3.28. The highest BCUT2D eigenvalue weighted by Crippen LogP contribution is 2.44. The molecule has 1 atom stereocenters. The molecule has 1 aromatic carbocycles. The van der Waals surface area contributed by atoms with Crippen molar-refractivity contribution < 1.29 is 26.7 Å². The number of pyridine rings is 1. The molecule has 2 fully saturated rings. The fraction of sp³-hybridized carbons (Fsp3) is 0.522. The maximum atomic E-state index is 13.1. The first kappa shape index (κ1) is 24.1. The number of nitrogens with zero attached hydrogens (tertiary/aromatic N) is 3. The molecular weight excluding hydrogens is 455 g/mol. The van der Waals surface area contributed by atoms with Gasteiger partial charge in [-0.05, 0) is 55.2 Å². The van der Waals surface area contributed by atoms with Crippen LogP contribution in [-0.4, -0.2) is 66.6 Å². The fourth-order valence-electron chi connectivity index (χ4n) is 4.67. The molecule has 6 nitrogen and oxygen atoms in total. The Morgan fingerprint density at radius 3 is 2.06 bits per heavy atom. The number of sulfonamides is 1. The molecule has 2 heterocycles. The van der Waals surface area contributed by atoms with Crippen molar-refractivity contribution in [1.29, 1.82) is 0 Å². The maximum absolute atomic E-state index is 13.1. The van der Waals surface area contributed by atoms with Gasteiger partial charge in [0.05, 0.1) is 4.90 Å². The minimum atomic E-state index is -4.86. The average molecular weight is 484 g/mol. The molecule has 0 spiro atoms. The van der Waals surface area contributed by atoms with E-state index >= 15 is 0 Å². The molecule has 4 rings (SSSR count). The highest BCUT2D eigenvalue weighted by molar-refractivity contribution is 7.89. The van der Waals surface area contributed by atoms with Crippen molar-refractivity contribution in [1.82, 2.24) is 14.2 Å². The Balaban J connectivity index is 1.41. The molecule has 33 heavy (non-hydrogen) atoms. The van der Waals surface area contributed by atoms with Crippen LogP contribution in [0.5, 0.6) is 0 Å². The number of alkyl halides is 3. The molecule has 1 unspecified atom stereocenters. The maximum Gasteiger partial charge on any atom is 0.421 e. The van der Waals surface area contributed by atoms with E-state index in [1.165, 1.54) is 16.3 Å². The molecular formula is C23H28F3N3O3S. The van der Waals surface area contributed by atoms with Gasteiger partial charge >= 0.3 is 6.18 Å². The van der Waals surface area contributed by atoms with Crippen molar-refractivity contribution in [2.75, 3.05) is 32.7 Å². The van der Waals surface area contributed by atoms with Crippen LogP contribution in [0, 0.1) is 0 Å². The molecule has 0 amide bonds. The highest BCUT2D eigenvalue weighted by atomic mass is 32.2. The lowest BCUT2D eigenvalue weighted by Crippen LogP contribution is -2.53. The van der Waals surface area contributed by atoms with E-state index in [1.807, 2.05) is 0 Å². The van der Waals surface area contributed by atoms with Crippen LogP contribution in [0.25, 0.3) is 0 Å². The smallest absolute Gasteiger partial charge is 0.376 e. The summed E-state index contributed by atoms with van der Waals surface area (Å²) in [6.45, 7) is 3.33. The quantitative estimate of drug-likeness (QED) is 0.683. The topological polar surface area (TPSA) is 73.7 Å². The second kappa shape index (κ2) is 8.65. The Kier molecular flexibility index (Phi) is 6.32. The minimum Gasteiger partial charge on any atom is -0.376 e. The predicted molar refractivity (Wildman–Crippen MR) is 117 cm³/mol. The lowest BCUT2D eigenvalue weighted by atomic mass is 9.64. The molecule has 1 saturated heterocycles. The lowest BCUT2D eigenvalue weighted by Gasteiger charge is -2.47. The third-order valence-corrected chi connectivity index (χ3v) is 8.98. The van der Waals surface area contributed by atoms with Crippen LogP contribution in [0.2, 0.25) is 0 Å². The Hall–Kier alpha value is -2.01. The zero-order valence-corrected chi connectivity index (χ0v) is 19.2. The van der Waals surface area contributed by atoms with E-state index in [4.69, 9.17) is 0 Å². The summed E-state index contributed by atoms with van der Waals surface area (Å²) < 4.78 is 66.6. The molecule has 2 aliphatic rings. The second-order valence-electron chi connectivity index (χ2n) is 9.14. The molecule has 1 N–H and O–H groups in total. The summed E-state index contributed by atoms with van der Waals surface area (Å²) >= 11 is 0. The summed E-state index contributed by atoms with van der Waals surface area (Å²) in [4.78, 5) is 6.31. The zero-order chi connectivity index (χ0) is 23.9. The van der Waals surface area contributed by atoms with Crippen LogP contribution in [-0.2, 0) is 21.0 Å². The van der Waals surface area contributed by atoms with Gasteiger partial charge in [0.2, 0.25) is 10.0 Å². The molecule has 1 saturated carbocycles. The summed E-state index contributed by atoms with van der Waals surface area (Å²) in [6, 6.07) is 8.41. The third kappa shape index (κ3) is 4.53. The van der Waals surface area contributed by atoms with Gasteiger partial charge in [0.25, 0.3) is 0 Å². The van der Waals surface area contributed by atoms with Gasteiger partial charge in [0.1, 0.15) is 0 Å². The van der Waals surface area contributed by atoms with Crippen LogP contribution in [0.4, 0.5) is 13.2 Å². The Labute approximate surface area is 192 Å². The van der Waals surface area contributed by atoms with Crippen molar-refractivity contribution in [2.45, 2.75) is 48.3 Å². The minimum absolute atomic E-state index is 0.0788. The number of aromatic nitrogens is 1. The van der Waals surface area contributed by atoms with Gasteiger partial charge in [-0.2, -0.15) is 17.5 Å². The number of hydrogen-bond acceptors (Lipinski definition) is 5. The normalized spacial score (nSPS) is 21.8. The average Bonchev–Trinajstić information content (AvgIpc) is 2.76. The second-order valence-corrected chi connectivity index (χ2v) is 11.1. The molecule has 1 aliphatic heterocycles. The number of hydrogen-bond donors (Lipinski definition) is 1. The van der Waals surface area contributed by atoms with E-state index in [0.717, 1.165) is 43.7 Å². The van der Waals surface area contributed by atoms with Crippen molar-refractivity contribution >= 4 is 10.0 Å². The van der Waals surface area contributed by atoms with Gasteiger partial charge in [-0.15, -0.1) is 0 Å². The van der Waals surface area contributed by atoms with Crippen molar-refractivity contribution in [2.24, 2.45) is 0 Å². The lowest BCUT2D eigenvalue weighted by molar-refractivity contribution is -0.258. The monoisotopic (exact) mass is 483 g/mol. The van der Waals surface area contributed by atoms with E-state index in [2.05, 4.69) is 22.0 Å². The molecule has 180 valence electrons. The molecule has 10 heteroatoms. The van der Waals surface area contributed by atoms with Crippen LogP contribution in [0.15, 0.2) is 53.7 Å². The van der Waals surface area contributed by atoms with Crippen LogP contribution in [0.1, 0.15) is 37.3 Å². The zero-order valence-electron chi connectivity index (χ0n) is 18.4. The van der Waals surface area contributed by atoms with Crippen molar-refractivity contribution in [3.8, 4) is 0 Å². The molecule has 1 aromatic heterocycles. The summed E-state index contributed by atoms with van der Waals surface area (Å²) in [5, 5.41) is 9.80. The first-order valence-corrected chi connectivity index (χ1v) is 12.4. The molecule has 2 aromatic rings. The molecule has 0 radical (unpaired) electrons. The van der Waals surface area contributed by atoms with E-state index in [1.54, 1.807) is 12.4 Å². The summed E-state index contributed by atoms with van der Waals surface area (Å²) in [6.07, 6.45) is 2.12. The summed E-state index contributed by atoms with van der Waals surface area (Å²) in [7, 11) is -3.84. The Morgan fingerprint density at radius 1 is 1.00 bits per heavy atom. The van der Waals surface area contributed by atoms with Gasteiger partial charge in [-0.1, -0.05) is 18.6 Å². The van der Waals surface area contributed by atoms with Crippen LogP contribution >= 0.6 is 0 Å². The Bertz CT molecular complexity index is 1060. The van der Waals surface area contributed by atoms with E-state index in [0.29, 0.717) is 33.1 Å². The number of rotatable bonds is 6. The largest absolute Gasteiger partial charge is 0.421 e. The van der Waals surface area contributed by atoms with Gasteiger partial charge in [-0.25, -0.2) is 8.42 Å². The van der Waals surface area contributed by atoms with Gasteiger partial charge < -0.3 is 5.11 Å². The summed E-state index contributed by atoms with van der Waals surface area (Å²) in [5.74, 6) is 0. The van der Waals surface area contributed by atoms with Crippen LogP contribution < -0.4 is 0 Å². The molecule has 0 bridgehead atoms. The van der Waals surface area contributed by atoms with E-state index < -0.39 is 27.4 Å². The highest BCUT2D eigenvalue weighted by Gasteiger charge is 2.51. The fourth-order valence-corrected chi connectivity index (χ4v) is 6.09. The number of benzene rings is 1. The number of aliphatic hydroxyl groups is 1. The summed E-state index contributed by atoms with van der Waals surface area (Å²) in [5.41, 5.74) is -2.09. The van der Waals surface area contributed by atoms with E-state index in [9.17, 15) is 26.7 Å². The standard InChI is InChI=1S/C23H28F3N3O3S/c1-21(30,23(24,25)26)18-3-5-20(6-4-18)33(31,32)29-15-13-28(14-16-29)17-22(9-2-10-22)19-7-11-27-12-8-19/h3-8,11-12,30H,2,9-10,13-17H2,1H3. The number of piperazine rings is 1. The van der Waals surface area contributed by atoms with Gasteiger partial charge in [-0.3, -0.25) is 9.88 Å².